The van der Waals surface area contributed by atoms with Gasteiger partial charge in [-0.1, -0.05) is 19.1 Å². The third-order valence-corrected chi connectivity index (χ3v) is 4.05. The van der Waals surface area contributed by atoms with Crippen molar-refractivity contribution >= 4 is 23.0 Å². The zero-order valence-corrected chi connectivity index (χ0v) is 12.7. The Morgan fingerprint density at radius 2 is 2.21 bits per heavy atom. The minimum absolute atomic E-state index is 0.425. The molecule has 1 atom stereocenters. The maximum Gasteiger partial charge on any atom is 0.139 e. The Balaban J connectivity index is 2.31. The molecule has 1 unspecified atom stereocenters. The van der Waals surface area contributed by atoms with Crippen LogP contribution in [0, 0.1) is 6.92 Å². The molecule has 2 heterocycles. The Kier molecular flexibility index (Phi) is 4.37. The van der Waals surface area contributed by atoms with E-state index < -0.39 is 0 Å². The molecular weight excluding hydrogens is 256 g/mol. The number of anilines is 1. The van der Waals surface area contributed by atoms with Crippen LogP contribution in [0.15, 0.2) is 12.1 Å². The van der Waals surface area contributed by atoms with Crippen molar-refractivity contribution in [3.63, 3.8) is 0 Å². The van der Waals surface area contributed by atoms with Crippen LogP contribution in [0.25, 0.3) is 0 Å². The van der Waals surface area contributed by atoms with Gasteiger partial charge in [0, 0.05) is 31.4 Å². The van der Waals surface area contributed by atoms with E-state index in [0.29, 0.717) is 11.0 Å². The molecule has 0 amide bonds. The Labute approximate surface area is 120 Å². The summed E-state index contributed by atoms with van der Waals surface area (Å²) in [5, 5.41) is 0. The third-order valence-electron chi connectivity index (χ3n) is 3.83. The molecular formula is C14H22N4S. The zero-order valence-electron chi connectivity index (χ0n) is 11.9. The van der Waals surface area contributed by atoms with Gasteiger partial charge in [-0.3, -0.25) is 4.90 Å². The number of thiocarbonyl (C=S) groups is 1. The summed E-state index contributed by atoms with van der Waals surface area (Å²) in [6, 6.07) is 4.51. The lowest BCUT2D eigenvalue weighted by molar-refractivity contribution is 0.213. The molecule has 2 rings (SSSR count). The molecule has 1 fully saturated rings. The molecule has 0 aliphatic carbocycles. The van der Waals surface area contributed by atoms with Crippen molar-refractivity contribution in [1.29, 1.82) is 0 Å². The quantitative estimate of drug-likeness (QED) is 0.850. The molecule has 4 nitrogen and oxygen atoms in total. The number of hydrogen-bond donors (Lipinski definition) is 1. The first-order valence-electron chi connectivity index (χ1n) is 6.75. The average molecular weight is 278 g/mol. The first-order valence-corrected chi connectivity index (χ1v) is 7.16. The van der Waals surface area contributed by atoms with Gasteiger partial charge in [0.15, 0.2) is 0 Å². The van der Waals surface area contributed by atoms with Crippen LogP contribution in [0.5, 0.6) is 0 Å². The summed E-state index contributed by atoms with van der Waals surface area (Å²) in [5.41, 5.74) is 7.71. The molecule has 1 aliphatic heterocycles. The van der Waals surface area contributed by atoms with Crippen LogP contribution in [-0.2, 0) is 0 Å². The van der Waals surface area contributed by atoms with Crippen LogP contribution in [-0.4, -0.2) is 47.6 Å². The molecule has 0 saturated carbocycles. The Morgan fingerprint density at radius 1 is 1.47 bits per heavy atom. The lowest BCUT2D eigenvalue weighted by atomic mass is 10.1. The summed E-state index contributed by atoms with van der Waals surface area (Å²) in [5.74, 6) is 0.944. The molecule has 104 valence electrons. The summed E-state index contributed by atoms with van der Waals surface area (Å²) in [6.07, 6.45) is 1.14. The normalized spacial score (nSPS) is 20.6. The van der Waals surface area contributed by atoms with E-state index in [0.717, 1.165) is 43.1 Å². The highest BCUT2D eigenvalue weighted by Crippen LogP contribution is 2.22. The minimum atomic E-state index is 0.425. The number of pyridine rings is 1. The summed E-state index contributed by atoms with van der Waals surface area (Å²) >= 11 is 5.14. The van der Waals surface area contributed by atoms with Gasteiger partial charge in [0.1, 0.15) is 10.8 Å². The maximum atomic E-state index is 5.82. The summed E-state index contributed by atoms with van der Waals surface area (Å²) in [4.78, 5) is 9.80. The number of hydrogen-bond acceptors (Lipinski definition) is 4. The van der Waals surface area contributed by atoms with Gasteiger partial charge < -0.3 is 10.6 Å². The van der Waals surface area contributed by atoms with Gasteiger partial charge in [0.25, 0.3) is 0 Å². The molecule has 0 bridgehead atoms. The van der Waals surface area contributed by atoms with Crippen LogP contribution in [0.1, 0.15) is 24.6 Å². The van der Waals surface area contributed by atoms with Gasteiger partial charge >= 0.3 is 0 Å². The van der Waals surface area contributed by atoms with Crippen molar-refractivity contribution < 1.29 is 0 Å². The van der Waals surface area contributed by atoms with Gasteiger partial charge in [-0.15, -0.1) is 0 Å². The van der Waals surface area contributed by atoms with E-state index in [-0.39, 0.29) is 0 Å². The number of nitrogens with zero attached hydrogens (tertiary/aromatic N) is 3. The Bertz CT molecular complexity index is 475. The van der Waals surface area contributed by atoms with E-state index in [1.54, 1.807) is 0 Å². The zero-order chi connectivity index (χ0) is 14.0. The third kappa shape index (κ3) is 3.04. The van der Waals surface area contributed by atoms with Crippen LogP contribution in [0.3, 0.4) is 0 Å². The van der Waals surface area contributed by atoms with Crippen molar-refractivity contribution in [3.8, 4) is 0 Å². The van der Waals surface area contributed by atoms with Crippen LogP contribution in [0.4, 0.5) is 5.82 Å². The molecule has 1 aromatic rings. The standard InChI is InChI=1S/C14H22N4S/c1-4-11-9-18(8-7-17(11)3)14-12(13(15)19)6-5-10(2)16-14/h5-6,11H,4,7-9H2,1-3H3,(H2,15,19). The maximum absolute atomic E-state index is 5.82. The van der Waals surface area contributed by atoms with Crippen molar-refractivity contribution in [2.45, 2.75) is 26.3 Å². The fraction of sp³-hybridized carbons (Fsp3) is 0.571. The molecule has 0 radical (unpaired) electrons. The predicted octanol–water partition coefficient (Wildman–Crippen LogP) is 1.55. The number of likely N-dealkylation sites (N-methyl/N-ethyl adjacent to an activating group) is 1. The number of aryl methyl sites for hydroxylation is 1. The minimum Gasteiger partial charge on any atom is -0.389 e. The first-order chi connectivity index (χ1) is 9.02. The number of piperazine rings is 1. The van der Waals surface area contributed by atoms with E-state index in [1.165, 1.54) is 0 Å². The molecule has 1 aliphatic rings. The average Bonchev–Trinajstić information content (AvgIpc) is 2.38. The van der Waals surface area contributed by atoms with Crippen LogP contribution in [0.2, 0.25) is 0 Å². The van der Waals surface area contributed by atoms with E-state index >= 15 is 0 Å². The molecule has 19 heavy (non-hydrogen) atoms. The fourth-order valence-electron chi connectivity index (χ4n) is 2.56. The summed E-state index contributed by atoms with van der Waals surface area (Å²) < 4.78 is 0. The van der Waals surface area contributed by atoms with E-state index in [2.05, 4.69) is 28.8 Å². The van der Waals surface area contributed by atoms with Gasteiger partial charge in [0.2, 0.25) is 0 Å². The highest BCUT2D eigenvalue weighted by Gasteiger charge is 2.25. The second-order valence-corrected chi connectivity index (χ2v) is 5.62. The Hall–Kier alpha value is -1.20. The molecule has 5 heteroatoms. The van der Waals surface area contributed by atoms with Gasteiger partial charge in [-0.2, -0.15) is 0 Å². The highest BCUT2D eigenvalue weighted by atomic mass is 32.1. The SMILES string of the molecule is CCC1CN(c2nc(C)ccc2C(N)=S)CCN1C. The predicted molar refractivity (Wildman–Crippen MR) is 83.8 cm³/mol. The topological polar surface area (TPSA) is 45.4 Å². The molecule has 2 N–H and O–H groups in total. The van der Waals surface area contributed by atoms with Gasteiger partial charge in [-0.05, 0) is 32.5 Å². The smallest absolute Gasteiger partial charge is 0.139 e. The van der Waals surface area contributed by atoms with Crippen molar-refractivity contribution in [2.75, 3.05) is 31.6 Å². The van der Waals surface area contributed by atoms with E-state index in [4.69, 9.17) is 18.0 Å². The molecule has 1 aromatic heterocycles. The second-order valence-electron chi connectivity index (χ2n) is 5.18. The summed E-state index contributed by atoms with van der Waals surface area (Å²) in [6.45, 7) is 7.23. The van der Waals surface area contributed by atoms with E-state index in [9.17, 15) is 0 Å². The monoisotopic (exact) mass is 278 g/mol. The Morgan fingerprint density at radius 3 is 2.84 bits per heavy atom. The lowest BCUT2D eigenvalue weighted by Crippen LogP contribution is -2.51. The first kappa shape index (κ1) is 14.2. The molecule has 1 saturated heterocycles. The number of rotatable bonds is 3. The van der Waals surface area contributed by atoms with Gasteiger partial charge in [0.05, 0.1) is 5.56 Å². The lowest BCUT2D eigenvalue weighted by Gasteiger charge is -2.40. The highest BCUT2D eigenvalue weighted by molar-refractivity contribution is 7.80. The van der Waals surface area contributed by atoms with Crippen LogP contribution < -0.4 is 10.6 Å². The van der Waals surface area contributed by atoms with E-state index in [1.807, 2.05) is 19.1 Å². The number of nitrogens with two attached hydrogens (primary N) is 1. The molecule has 0 spiro atoms. The second kappa shape index (κ2) is 5.84. The fourth-order valence-corrected chi connectivity index (χ4v) is 2.71. The van der Waals surface area contributed by atoms with Crippen molar-refractivity contribution in [3.05, 3.63) is 23.4 Å². The molecule has 0 aromatic carbocycles. The van der Waals surface area contributed by atoms with Crippen molar-refractivity contribution in [1.82, 2.24) is 9.88 Å². The van der Waals surface area contributed by atoms with Crippen LogP contribution >= 0.6 is 12.2 Å². The summed E-state index contributed by atoms with van der Waals surface area (Å²) in [7, 11) is 2.18. The van der Waals surface area contributed by atoms with Crippen molar-refractivity contribution in [2.24, 2.45) is 5.73 Å². The number of aromatic nitrogens is 1. The van der Waals surface area contributed by atoms with Gasteiger partial charge in [-0.25, -0.2) is 4.98 Å². The largest absolute Gasteiger partial charge is 0.389 e.